The second-order valence-electron chi connectivity index (χ2n) is 4.26. The maximum Gasteiger partial charge on any atom is 0.125 e. The molecule has 0 radical (unpaired) electrons. The van der Waals surface area contributed by atoms with Crippen LogP contribution in [0.2, 0.25) is 0 Å². The van der Waals surface area contributed by atoms with E-state index in [9.17, 15) is 8.78 Å². The molecule has 20 heavy (non-hydrogen) atoms. The van der Waals surface area contributed by atoms with Crippen molar-refractivity contribution in [2.45, 2.75) is 33.9 Å². The van der Waals surface area contributed by atoms with E-state index in [0.29, 0.717) is 17.1 Å². The first-order valence-corrected chi connectivity index (χ1v) is 6.37. The molecule has 0 aromatic carbocycles. The van der Waals surface area contributed by atoms with Crippen LogP contribution in [0.3, 0.4) is 0 Å². The number of halogens is 2. The number of alkyl halides is 1. The number of aliphatic hydroxyl groups is 1. The number of allylic oxidation sites excluding steroid dienone is 7. The van der Waals surface area contributed by atoms with Crippen molar-refractivity contribution in [3.63, 3.8) is 0 Å². The molecule has 1 atom stereocenters. The Labute approximate surface area is 119 Å². The minimum absolute atomic E-state index is 0.274. The molecule has 0 aliphatic carbocycles. The summed E-state index contributed by atoms with van der Waals surface area (Å²) in [6.07, 6.45) is 7.99. The smallest absolute Gasteiger partial charge is 0.125 e. The van der Waals surface area contributed by atoms with Gasteiger partial charge in [-0.1, -0.05) is 12.2 Å². The lowest BCUT2D eigenvalue weighted by Crippen LogP contribution is -1.93. The van der Waals surface area contributed by atoms with Crippen molar-refractivity contribution >= 4 is 0 Å². The summed E-state index contributed by atoms with van der Waals surface area (Å²) < 4.78 is 31.1. The molecule has 0 amide bonds. The quantitative estimate of drug-likeness (QED) is 0.550. The molecular formula is C16H22F2O2. The van der Waals surface area contributed by atoms with Gasteiger partial charge in [0.1, 0.15) is 17.7 Å². The fourth-order valence-corrected chi connectivity index (χ4v) is 1.36. The van der Waals surface area contributed by atoms with Gasteiger partial charge in [0.25, 0.3) is 0 Å². The summed E-state index contributed by atoms with van der Waals surface area (Å²) in [6.45, 7) is 5.93. The van der Waals surface area contributed by atoms with Crippen LogP contribution in [0.1, 0.15) is 27.7 Å². The molecule has 1 N–H and O–H groups in total. The molecule has 0 heterocycles. The summed E-state index contributed by atoms with van der Waals surface area (Å²) in [6, 6.07) is 0. The third-order valence-electron chi connectivity index (χ3n) is 2.10. The van der Waals surface area contributed by atoms with Gasteiger partial charge in [0.15, 0.2) is 0 Å². The van der Waals surface area contributed by atoms with Crippen LogP contribution in [0.4, 0.5) is 8.78 Å². The fourth-order valence-electron chi connectivity index (χ4n) is 1.36. The number of hydrogen-bond acceptors (Lipinski definition) is 2. The van der Waals surface area contributed by atoms with Crippen LogP contribution in [-0.4, -0.2) is 17.9 Å². The van der Waals surface area contributed by atoms with Gasteiger partial charge in [0.2, 0.25) is 0 Å². The fraction of sp³-hybridized carbons (Fsp3) is 0.375. The van der Waals surface area contributed by atoms with Gasteiger partial charge >= 0.3 is 0 Å². The van der Waals surface area contributed by atoms with E-state index in [0.717, 1.165) is 0 Å². The second kappa shape index (κ2) is 10.1. The first-order chi connectivity index (χ1) is 9.38. The van der Waals surface area contributed by atoms with E-state index in [1.807, 2.05) is 0 Å². The van der Waals surface area contributed by atoms with E-state index in [2.05, 4.69) is 0 Å². The molecule has 112 valence electrons. The van der Waals surface area contributed by atoms with Crippen LogP contribution >= 0.6 is 0 Å². The van der Waals surface area contributed by atoms with Gasteiger partial charge in [0, 0.05) is 0 Å². The van der Waals surface area contributed by atoms with Gasteiger partial charge in [-0.05, 0) is 57.6 Å². The van der Waals surface area contributed by atoms with Gasteiger partial charge < -0.3 is 9.84 Å². The molecule has 0 spiro atoms. The van der Waals surface area contributed by atoms with Crippen LogP contribution in [0.15, 0.2) is 59.4 Å². The summed E-state index contributed by atoms with van der Waals surface area (Å²) in [5, 5.41) is 9.05. The van der Waals surface area contributed by atoms with Gasteiger partial charge in [-0.3, -0.25) is 0 Å². The molecule has 0 saturated carbocycles. The van der Waals surface area contributed by atoms with Crippen molar-refractivity contribution < 1.29 is 18.6 Å². The van der Waals surface area contributed by atoms with Crippen molar-refractivity contribution in [2.75, 3.05) is 6.61 Å². The maximum absolute atomic E-state index is 12.9. The SMILES string of the molecule is C/C=C\C(=C/C(C)F)O/C(C)=C/C=C(\C=C(/C)F)CO. The molecule has 0 bridgehead atoms. The number of aliphatic hydroxyl groups excluding tert-OH is 1. The maximum atomic E-state index is 12.9. The number of rotatable bonds is 7. The minimum Gasteiger partial charge on any atom is -0.462 e. The highest BCUT2D eigenvalue weighted by atomic mass is 19.1. The predicted molar refractivity (Wildman–Crippen MR) is 78.3 cm³/mol. The Hall–Kier alpha value is -1.68. The normalized spacial score (nSPS) is 16.8. The zero-order valence-corrected chi connectivity index (χ0v) is 12.4. The zero-order valence-electron chi connectivity index (χ0n) is 12.4. The highest BCUT2D eigenvalue weighted by Crippen LogP contribution is 2.11. The molecular weight excluding hydrogens is 262 g/mol. The molecule has 0 aliphatic rings. The monoisotopic (exact) mass is 284 g/mol. The molecule has 0 aromatic heterocycles. The van der Waals surface area contributed by atoms with Gasteiger partial charge in [-0.15, -0.1) is 0 Å². The Morgan fingerprint density at radius 2 is 1.95 bits per heavy atom. The highest BCUT2D eigenvalue weighted by Gasteiger charge is 1.99. The van der Waals surface area contributed by atoms with Crippen LogP contribution in [-0.2, 0) is 4.74 Å². The molecule has 0 rings (SSSR count). The Bertz CT molecular complexity index is 437. The topological polar surface area (TPSA) is 29.5 Å². The Morgan fingerprint density at radius 3 is 2.40 bits per heavy atom. The molecule has 1 unspecified atom stereocenters. The van der Waals surface area contributed by atoms with Crippen molar-refractivity contribution in [2.24, 2.45) is 0 Å². The molecule has 4 heteroatoms. The lowest BCUT2D eigenvalue weighted by molar-refractivity contribution is 0.311. The largest absolute Gasteiger partial charge is 0.462 e. The van der Waals surface area contributed by atoms with Crippen LogP contribution in [0.5, 0.6) is 0 Å². The van der Waals surface area contributed by atoms with E-state index >= 15 is 0 Å². The average molecular weight is 284 g/mol. The summed E-state index contributed by atoms with van der Waals surface area (Å²) in [5.41, 5.74) is 0.420. The Morgan fingerprint density at radius 1 is 1.30 bits per heavy atom. The van der Waals surface area contributed by atoms with Crippen molar-refractivity contribution in [1.82, 2.24) is 0 Å². The Kier molecular flexibility index (Phi) is 9.30. The third kappa shape index (κ3) is 9.28. The predicted octanol–water partition coefficient (Wildman–Crippen LogP) is 4.52. The van der Waals surface area contributed by atoms with E-state index in [1.54, 1.807) is 38.2 Å². The van der Waals surface area contributed by atoms with Gasteiger partial charge in [0.05, 0.1) is 12.4 Å². The summed E-state index contributed by atoms with van der Waals surface area (Å²) in [5.74, 6) is 0.510. The molecule has 0 fully saturated rings. The number of ether oxygens (including phenoxy) is 1. The van der Waals surface area contributed by atoms with Crippen LogP contribution < -0.4 is 0 Å². The summed E-state index contributed by atoms with van der Waals surface area (Å²) in [7, 11) is 0. The molecule has 0 aliphatic heterocycles. The standard InChI is InChI=1S/C16H22F2O2/c1-5-6-16(10-13(3)18)20-14(4)7-8-15(11-19)9-12(2)17/h5-10,13,19H,11H2,1-4H3/b6-5-,12-9+,14-7+,15-8+,16-10+. The first-order valence-electron chi connectivity index (χ1n) is 6.37. The zero-order chi connectivity index (χ0) is 15.5. The first kappa shape index (κ1) is 18.3. The average Bonchev–Trinajstić information content (AvgIpc) is 2.33. The van der Waals surface area contributed by atoms with E-state index in [-0.39, 0.29) is 6.61 Å². The minimum atomic E-state index is -1.12. The summed E-state index contributed by atoms with van der Waals surface area (Å²) in [4.78, 5) is 0. The van der Waals surface area contributed by atoms with Gasteiger partial charge in [-0.25, -0.2) is 8.78 Å². The Balaban J connectivity index is 4.97. The molecule has 2 nitrogen and oxygen atoms in total. The third-order valence-corrected chi connectivity index (χ3v) is 2.10. The van der Waals surface area contributed by atoms with Crippen molar-refractivity contribution in [1.29, 1.82) is 0 Å². The van der Waals surface area contributed by atoms with E-state index in [1.165, 1.54) is 26.0 Å². The second-order valence-corrected chi connectivity index (χ2v) is 4.26. The lowest BCUT2D eigenvalue weighted by atomic mass is 10.2. The highest BCUT2D eigenvalue weighted by molar-refractivity contribution is 5.26. The molecule has 0 saturated heterocycles. The van der Waals surface area contributed by atoms with E-state index < -0.39 is 12.0 Å². The number of hydrogen-bond donors (Lipinski definition) is 1. The van der Waals surface area contributed by atoms with Gasteiger partial charge in [-0.2, -0.15) is 0 Å². The van der Waals surface area contributed by atoms with Crippen LogP contribution in [0, 0.1) is 0 Å². The lowest BCUT2D eigenvalue weighted by Gasteiger charge is -2.07. The van der Waals surface area contributed by atoms with Crippen molar-refractivity contribution in [3.05, 3.63) is 59.4 Å². The molecule has 0 aromatic rings. The van der Waals surface area contributed by atoms with Crippen molar-refractivity contribution in [3.8, 4) is 0 Å². The van der Waals surface area contributed by atoms with Crippen LogP contribution in [0.25, 0.3) is 0 Å². The summed E-state index contributed by atoms with van der Waals surface area (Å²) >= 11 is 0. The van der Waals surface area contributed by atoms with E-state index in [4.69, 9.17) is 9.84 Å².